The number of hydrogen-bond acceptors (Lipinski definition) is 1. The summed E-state index contributed by atoms with van der Waals surface area (Å²) in [6.07, 6.45) is 0. The van der Waals surface area contributed by atoms with Crippen molar-refractivity contribution in [1.29, 1.82) is 0 Å². The molecular weight excluding hydrogens is 373 g/mol. The minimum Gasteiger partial charge on any atom is -0.347 e. The molecule has 1 aliphatic heterocycles. The lowest BCUT2D eigenvalue weighted by molar-refractivity contribution is 0.378. The van der Waals surface area contributed by atoms with E-state index in [0.717, 1.165) is 11.5 Å². The van der Waals surface area contributed by atoms with Crippen LogP contribution in [0.3, 0.4) is 0 Å². The lowest BCUT2D eigenvalue weighted by Gasteiger charge is -2.31. The molecule has 28 heavy (non-hydrogen) atoms. The van der Waals surface area contributed by atoms with Crippen LogP contribution >= 0.6 is 12.4 Å². The maximum Gasteiger partial charge on any atom is 0.192 e. The molecule has 1 saturated heterocycles. The number of rotatable bonds is 4. The molecule has 0 saturated carbocycles. The highest BCUT2D eigenvalue weighted by molar-refractivity contribution is 5.85. The molecule has 0 radical (unpaired) electrons. The Morgan fingerprint density at radius 2 is 1.50 bits per heavy atom. The molecule has 2 atom stereocenters. The van der Waals surface area contributed by atoms with Crippen molar-refractivity contribution in [3.05, 3.63) is 107 Å². The van der Waals surface area contributed by atoms with Crippen LogP contribution in [0.1, 0.15) is 29.7 Å². The van der Waals surface area contributed by atoms with Gasteiger partial charge in [0.25, 0.3) is 0 Å². The summed E-state index contributed by atoms with van der Waals surface area (Å²) in [5.41, 5.74) is 3.03. The molecule has 2 N–H and O–H groups in total. The highest BCUT2D eigenvalue weighted by Gasteiger charge is 2.43. The Morgan fingerprint density at radius 3 is 2.14 bits per heavy atom. The van der Waals surface area contributed by atoms with Crippen molar-refractivity contribution in [2.24, 2.45) is 4.99 Å². The van der Waals surface area contributed by atoms with Crippen LogP contribution in [0.25, 0.3) is 0 Å². The van der Waals surface area contributed by atoms with Gasteiger partial charge in [0.15, 0.2) is 5.96 Å². The van der Waals surface area contributed by atoms with E-state index >= 15 is 0 Å². The molecule has 1 heterocycles. The molecule has 2 unspecified atom stereocenters. The third-order valence-electron chi connectivity index (χ3n) is 5.08. The van der Waals surface area contributed by atoms with E-state index in [-0.39, 0.29) is 29.8 Å². The van der Waals surface area contributed by atoms with Gasteiger partial charge in [-0.1, -0.05) is 72.8 Å². The van der Waals surface area contributed by atoms with Crippen LogP contribution in [0.15, 0.2) is 89.9 Å². The topological polar surface area (TPSA) is 36.4 Å². The van der Waals surface area contributed by atoms with E-state index in [4.69, 9.17) is 4.99 Å². The van der Waals surface area contributed by atoms with Crippen molar-refractivity contribution in [1.82, 2.24) is 10.6 Å². The Kier molecular flexibility index (Phi) is 6.00. The fourth-order valence-electron chi connectivity index (χ4n) is 3.57. The van der Waals surface area contributed by atoms with Crippen molar-refractivity contribution in [3.8, 4) is 0 Å². The van der Waals surface area contributed by atoms with Gasteiger partial charge in [-0.2, -0.15) is 0 Å². The van der Waals surface area contributed by atoms with Gasteiger partial charge in [0.2, 0.25) is 0 Å². The molecule has 0 spiro atoms. The number of halogens is 2. The fourth-order valence-corrected chi connectivity index (χ4v) is 3.57. The van der Waals surface area contributed by atoms with Gasteiger partial charge in [0.1, 0.15) is 5.82 Å². The summed E-state index contributed by atoms with van der Waals surface area (Å²) < 4.78 is 13.1. The third kappa shape index (κ3) is 4.02. The zero-order valence-corrected chi connectivity index (χ0v) is 16.4. The second-order valence-electron chi connectivity index (χ2n) is 6.97. The van der Waals surface area contributed by atoms with E-state index in [9.17, 15) is 4.39 Å². The maximum absolute atomic E-state index is 13.1. The van der Waals surface area contributed by atoms with Gasteiger partial charge >= 0.3 is 0 Å². The van der Waals surface area contributed by atoms with Crippen LogP contribution < -0.4 is 10.6 Å². The van der Waals surface area contributed by atoms with Crippen molar-refractivity contribution < 1.29 is 4.39 Å². The zero-order valence-electron chi connectivity index (χ0n) is 15.6. The molecule has 0 aromatic heterocycles. The van der Waals surface area contributed by atoms with Crippen LogP contribution in [0.2, 0.25) is 0 Å². The number of guanidine groups is 1. The summed E-state index contributed by atoms with van der Waals surface area (Å²) in [6, 6.07) is 27.3. The van der Waals surface area contributed by atoms with E-state index in [2.05, 4.69) is 66.1 Å². The Hall–Kier alpha value is -2.85. The number of benzene rings is 3. The number of nitrogens with one attached hydrogen (secondary N) is 2. The number of nitrogens with zero attached hydrogens (tertiary/aromatic N) is 1. The molecule has 1 fully saturated rings. The van der Waals surface area contributed by atoms with E-state index in [1.807, 2.05) is 12.1 Å². The van der Waals surface area contributed by atoms with Crippen LogP contribution in [-0.2, 0) is 12.1 Å². The van der Waals surface area contributed by atoms with E-state index in [1.165, 1.54) is 23.3 Å². The molecule has 3 nitrogen and oxygen atoms in total. The van der Waals surface area contributed by atoms with Crippen LogP contribution in [0.5, 0.6) is 0 Å². The minimum atomic E-state index is -0.329. The monoisotopic (exact) mass is 395 g/mol. The molecule has 0 bridgehead atoms. The largest absolute Gasteiger partial charge is 0.347 e. The van der Waals surface area contributed by atoms with E-state index in [0.29, 0.717) is 6.54 Å². The van der Waals surface area contributed by atoms with Crippen molar-refractivity contribution in [3.63, 3.8) is 0 Å². The molecule has 4 rings (SSSR count). The molecule has 3 aromatic carbocycles. The summed E-state index contributed by atoms with van der Waals surface area (Å²) in [7, 11) is 0. The summed E-state index contributed by atoms with van der Waals surface area (Å²) in [5.74, 6) is 0.517. The predicted octanol–water partition coefficient (Wildman–Crippen LogP) is 4.95. The van der Waals surface area contributed by atoms with Gasteiger partial charge in [0.05, 0.1) is 18.1 Å². The Labute approximate surface area is 171 Å². The number of aliphatic imine (C=N–C) groups is 1. The Morgan fingerprint density at radius 1 is 0.893 bits per heavy atom. The average Bonchev–Trinajstić information content (AvgIpc) is 3.07. The number of hydrogen-bond donors (Lipinski definition) is 2. The first-order chi connectivity index (χ1) is 13.1. The van der Waals surface area contributed by atoms with Gasteiger partial charge < -0.3 is 10.6 Å². The second-order valence-corrected chi connectivity index (χ2v) is 6.97. The second kappa shape index (κ2) is 8.44. The van der Waals surface area contributed by atoms with Crippen molar-refractivity contribution >= 4 is 18.4 Å². The van der Waals surface area contributed by atoms with Gasteiger partial charge in [-0.05, 0) is 35.7 Å². The lowest BCUT2D eigenvalue weighted by atomic mass is 9.82. The SMILES string of the molecule is CC1(c2ccccc2)NC(=NCc2ccc(F)cc2)NC1c1ccccc1.Cl. The first kappa shape index (κ1) is 19.9. The maximum atomic E-state index is 13.1. The minimum absolute atomic E-state index is 0. The van der Waals surface area contributed by atoms with Gasteiger partial charge in [-0.3, -0.25) is 0 Å². The smallest absolute Gasteiger partial charge is 0.192 e. The first-order valence-electron chi connectivity index (χ1n) is 9.09. The lowest BCUT2D eigenvalue weighted by Crippen LogP contribution is -2.39. The van der Waals surface area contributed by atoms with E-state index < -0.39 is 0 Å². The first-order valence-corrected chi connectivity index (χ1v) is 9.09. The Balaban J connectivity index is 0.00000225. The molecule has 144 valence electrons. The zero-order chi connectivity index (χ0) is 18.7. The van der Waals surface area contributed by atoms with Gasteiger partial charge in [-0.15, -0.1) is 12.4 Å². The molecular formula is C23H23ClFN3. The van der Waals surface area contributed by atoms with Crippen LogP contribution in [0.4, 0.5) is 4.39 Å². The quantitative estimate of drug-likeness (QED) is 0.655. The van der Waals surface area contributed by atoms with Gasteiger partial charge in [-0.25, -0.2) is 9.38 Å². The van der Waals surface area contributed by atoms with Crippen LogP contribution in [0, 0.1) is 5.82 Å². The fraction of sp³-hybridized carbons (Fsp3) is 0.174. The van der Waals surface area contributed by atoms with Gasteiger partial charge in [0, 0.05) is 0 Å². The normalized spacial score (nSPS) is 22.2. The predicted molar refractivity (Wildman–Crippen MR) is 114 cm³/mol. The van der Waals surface area contributed by atoms with E-state index in [1.54, 1.807) is 12.1 Å². The summed E-state index contributed by atoms with van der Waals surface area (Å²) >= 11 is 0. The average molecular weight is 396 g/mol. The molecule has 3 aromatic rings. The molecule has 1 aliphatic rings. The molecule has 5 heteroatoms. The van der Waals surface area contributed by atoms with Crippen molar-refractivity contribution in [2.45, 2.75) is 25.0 Å². The van der Waals surface area contributed by atoms with Crippen molar-refractivity contribution in [2.75, 3.05) is 0 Å². The van der Waals surface area contributed by atoms with Crippen LogP contribution in [-0.4, -0.2) is 5.96 Å². The highest BCUT2D eigenvalue weighted by Crippen LogP contribution is 2.38. The highest BCUT2D eigenvalue weighted by atomic mass is 35.5. The summed E-state index contributed by atoms with van der Waals surface area (Å²) in [4.78, 5) is 4.69. The molecule has 0 amide bonds. The standard InChI is InChI=1S/C23H22FN3.ClH/c1-23(19-10-6-3-7-11-19)21(18-8-4-2-5-9-18)26-22(27-23)25-16-17-12-14-20(24)15-13-17;/h2-15,21H,16H2,1H3,(H2,25,26,27);1H. The summed E-state index contributed by atoms with van der Waals surface area (Å²) in [5, 5.41) is 7.12. The summed E-state index contributed by atoms with van der Waals surface area (Å²) in [6.45, 7) is 2.68. The Bertz CT molecular complexity index is 929. The molecule has 0 aliphatic carbocycles. The third-order valence-corrected chi connectivity index (χ3v) is 5.08.